The first kappa shape index (κ1) is 14.9. The smallest absolute Gasteiger partial charge is 0.209 e. The molecule has 1 heterocycles. The average Bonchev–Trinajstić information content (AvgIpc) is 2.77. The molecule has 0 saturated carbocycles. The summed E-state index contributed by atoms with van der Waals surface area (Å²) in [5.74, 6) is 7.87. The summed E-state index contributed by atoms with van der Waals surface area (Å²) in [5.41, 5.74) is 1.29. The van der Waals surface area contributed by atoms with E-state index in [1.165, 1.54) is 5.56 Å². The Labute approximate surface area is 124 Å². The SMILES string of the molecule is CC(C)(C)c1nnc(SCCCc2ccccc2)n1N. The molecule has 0 radical (unpaired) electrons. The third kappa shape index (κ3) is 3.76. The lowest BCUT2D eigenvalue weighted by Crippen LogP contribution is -2.24. The number of rotatable bonds is 5. The molecule has 0 spiro atoms. The Morgan fingerprint density at radius 3 is 2.45 bits per heavy atom. The van der Waals surface area contributed by atoms with Gasteiger partial charge in [0.15, 0.2) is 5.82 Å². The van der Waals surface area contributed by atoms with Crippen molar-refractivity contribution in [2.45, 2.75) is 44.2 Å². The zero-order valence-electron chi connectivity index (χ0n) is 12.3. The Bertz CT molecular complexity index is 543. The largest absolute Gasteiger partial charge is 0.336 e. The van der Waals surface area contributed by atoms with Crippen LogP contribution in [0.2, 0.25) is 0 Å². The summed E-state index contributed by atoms with van der Waals surface area (Å²) in [6.07, 6.45) is 2.19. The molecular formula is C15H22N4S. The highest BCUT2D eigenvalue weighted by atomic mass is 32.2. The molecule has 5 heteroatoms. The van der Waals surface area contributed by atoms with Crippen molar-refractivity contribution in [3.63, 3.8) is 0 Å². The lowest BCUT2D eigenvalue weighted by atomic mass is 9.96. The molecule has 0 atom stereocenters. The number of aromatic nitrogens is 3. The third-order valence-electron chi connectivity index (χ3n) is 3.02. The van der Waals surface area contributed by atoms with Crippen LogP contribution in [0.3, 0.4) is 0 Å². The van der Waals surface area contributed by atoms with Crippen molar-refractivity contribution in [3.05, 3.63) is 41.7 Å². The second kappa shape index (κ2) is 6.31. The quantitative estimate of drug-likeness (QED) is 0.522. The zero-order valence-corrected chi connectivity index (χ0v) is 13.2. The Morgan fingerprint density at radius 2 is 1.85 bits per heavy atom. The van der Waals surface area contributed by atoms with Crippen LogP contribution < -0.4 is 5.84 Å². The van der Waals surface area contributed by atoms with Crippen molar-refractivity contribution in [3.8, 4) is 0 Å². The minimum Gasteiger partial charge on any atom is -0.336 e. The molecule has 0 amide bonds. The lowest BCUT2D eigenvalue weighted by molar-refractivity contribution is 0.523. The standard InChI is InChI=1S/C15H22N4S/c1-15(2,3)13-17-18-14(19(13)16)20-11-7-10-12-8-5-4-6-9-12/h4-6,8-9H,7,10-11,16H2,1-3H3. The maximum Gasteiger partial charge on any atom is 0.209 e. The molecule has 0 unspecified atom stereocenters. The molecule has 2 N–H and O–H groups in total. The van der Waals surface area contributed by atoms with E-state index in [4.69, 9.17) is 5.84 Å². The van der Waals surface area contributed by atoms with Crippen LogP contribution in [0.25, 0.3) is 0 Å². The second-order valence-electron chi connectivity index (χ2n) is 5.86. The van der Waals surface area contributed by atoms with E-state index in [1.54, 1.807) is 16.4 Å². The van der Waals surface area contributed by atoms with E-state index in [9.17, 15) is 0 Å². The molecule has 4 nitrogen and oxygen atoms in total. The van der Waals surface area contributed by atoms with Gasteiger partial charge in [-0.15, -0.1) is 10.2 Å². The number of benzene rings is 1. The van der Waals surface area contributed by atoms with E-state index >= 15 is 0 Å². The predicted octanol–water partition coefficient (Wildman–Crippen LogP) is 3.01. The van der Waals surface area contributed by atoms with Crippen molar-refractivity contribution in [2.24, 2.45) is 0 Å². The minimum absolute atomic E-state index is 0.0788. The van der Waals surface area contributed by atoms with Gasteiger partial charge < -0.3 is 5.84 Å². The summed E-state index contributed by atoms with van der Waals surface area (Å²) in [6.45, 7) is 6.26. The second-order valence-corrected chi connectivity index (χ2v) is 6.93. The van der Waals surface area contributed by atoms with Gasteiger partial charge in [-0.05, 0) is 18.4 Å². The molecule has 1 aromatic carbocycles. The fourth-order valence-electron chi connectivity index (χ4n) is 1.97. The van der Waals surface area contributed by atoms with Gasteiger partial charge in [0.1, 0.15) is 0 Å². The van der Waals surface area contributed by atoms with Gasteiger partial charge in [0.25, 0.3) is 0 Å². The van der Waals surface area contributed by atoms with E-state index in [0.29, 0.717) is 0 Å². The molecule has 0 aliphatic rings. The number of hydrogen-bond acceptors (Lipinski definition) is 4. The molecule has 0 fully saturated rings. The van der Waals surface area contributed by atoms with Gasteiger partial charge >= 0.3 is 0 Å². The number of thioether (sulfide) groups is 1. The molecule has 20 heavy (non-hydrogen) atoms. The number of nitrogen functional groups attached to an aromatic ring is 1. The molecule has 0 aliphatic heterocycles. The first-order chi connectivity index (χ1) is 9.48. The van der Waals surface area contributed by atoms with Gasteiger partial charge in [0.2, 0.25) is 5.16 Å². The van der Waals surface area contributed by atoms with Crippen molar-refractivity contribution in [1.82, 2.24) is 14.9 Å². The summed E-state index contributed by atoms with van der Waals surface area (Å²) in [6, 6.07) is 10.5. The predicted molar refractivity (Wildman–Crippen MR) is 84.4 cm³/mol. The van der Waals surface area contributed by atoms with Crippen LogP contribution in [0.5, 0.6) is 0 Å². The van der Waals surface area contributed by atoms with Gasteiger partial charge in [-0.1, -0.05) is 62.9 Å². The van der Waals surface area contributed by atoms with Gasteiger partial charge in [0, 0.05) is 11.2 Å². The topological polar surface area (TPSA) is 56.7 Å². The molecule has 2 aromatic rings. The Balaban J connectivity index is 1.85. The summed E-state index contributed by atoms with van der Waals surface area (Å²) in [5, 5.41) is 9.16. The van der Waals surface area contributed by atoms with Crippen molar-refractivity contribution in [2.75, 3.05) is 11.6 Å². The molecule has 1 aromatic heterocycles. The van der Waals surface area contributed by atoms with Crippen LogP contribution in [0.1, 0.15) is 38.6 Å². The van der Waals surface area contributed by atoms with Crippen LogP contribution in [0.15, 0.2) is 35.5 Å². The van der Waals surface area contributed by atoms with E-state index in [2.05, 4.69) is 55.2 Å². The van der Waals surface area contributed by atoms with Crippen LogP contribution >= 0.6 is 11.8 Å². The maximum atomic E-state index is 6.05. The molecule has 108 valence electrons. The molecule has 0 bridgehead atoms. The normalized spacial score (nSPS) is 11.8. The summed E-state index contributed by atoms with van der Waals surface area (Å²) < 4.78 is 1.62. The number of aryl methyl sites for hydroxylation is 1. The molecular weight excluding hydrogens is 268 g/mol. The van der Waals surface area contributed by atoms with Gasteiger partial charge in [-0.2, -0.15) is 0 Å². The number of nitrogens with zero attached hydrogens (tertiary/aromatic N) is 3. The van der Waals surface area contributed by atoms with Crippen LogP contribution in [-0.4, -0.2) is 20.6 Å². The zero-order chi connectivity index (χ0) is 14.6. The Morgan fingerprint density at radius 1 is 1.15 bits per heavy atom. The van der Waals surface area contributed by atoms with Gasteiger partial charge in [-0.25, -0.2) is 4.68 Å². The fourth-order valence-corrected chi connectivity index (χ4v) is 2.77. The molecule has 2 rings (SSSR count). The van der Waals surface area contributed by atoms with E-state index in [-0.39, 0.29) is 5.41 Å². The summed E-state index contributed by atoms with van der Waals surface area (Å²) >= 11 is 1.67. The highest BCUT2D eigenvalue weighted by Gasteiger charge is 2.22. The van der Waals surface area contributed by atoms with Crippen LogP contribution in [0, 0.1) is 0 Å². The van der Waals surface area contributed by atoms with Gasteiger partial charge in [-0.3, -0.25) is 0 Å². The maximum absolute atomic E-state index is 6.05. The highest BCUT2D eigenvalue weighted by molar-refractivity contribution is 7.99. The summed E-state index contributed by atoms with van der Waals surface area (Å²) in [4.78, 5) is 0. The van der Waals surface area contributed by atoms with Crippen molar-refractivity contribution < 1.29 is 0 Å². The van der Waals surface area contributed by atoms with Crippen LogP contribution in [-0.2, 0) is 11.8 Å². The van der Waals surface area contributed by atoms with E-state index < -0.39 is 0 Å². The van der Waals surface area contributed by atoms with Gasteiger partial charge in [0.05, 0.1) is 0 Å². The van der Waals surface area contributed by atoms with Crippen molar-refractivity contribution >= 4 is 11.8 Å². The third-order valence-corrected chi connectivity index (χ3v) is 4.05. The average molecular weight is 290 g/mol. The summed E-state index contributed by atoms with van der Waals surface area (Å²) in [7, 11) is 0. The van der Waals surface area contributed by atoms with Crippen LogP contribution in [0.4, 0.5) is 0 Å². The first-order valence-electron chi connectivity index (χ1n) is 6.86. The van der Waals surface area contributed by atoms with Crippen molar-refractivity contribution in [1.29, 1.82) is 0 Å². The molecule has 0 saturated heterocycles. The van der Waals surface area contributed by atoms with E-state index in [1.807, 2.05) is 6.07 Å². The Kier molecular flexibility index (Phi) is 4.70. The minimum atomic E-state index is -0.0788. The van der Waals surface area contributed by atoms with E-state index in [0.717, 1.165) is 29.6 Å². The highest BCUT2D eigenvalue weighted by Crippen LogP contribution is 2.23. The monoisotopic (exact) mass is 290 g/mol. The fraction of sp³-hybridized carbons (Fsp3) is 0.467. The number of nitrogens with two attached hydrogens (primary N) is 1. The molecule has 0 aliphatic carbocycles. The Hall–Kier alpha value is -1.49. The lowest BCUT2D eigenvalue weighted by Gasteiger charge is -2.16. The first-order valence-corrected chi connectivity index (χ1v) is 7.85. The number of hydrogen-bond donors (Lipinski definition) is 1.